The lowest BCUT2D eigenvalue weighted by Crippen LogP contribution is -2.34. The van der Waals surface area contributed by atoms with E-state index in [4.69, 9.17) is 9.47 Å². The van der Waals surface area contributed by atoms with Crippen LogP contribution in [-0.2, 0) is 10.0 Å². The Morgan fingerprint density at radius 3 is 2.79 bits per heavy atom. The van der Waals surface area contributed by atoms with Crippen molar-refractivity contribution in [3.8, 4) is 11.5 Å². The topological polar surface area (TPSA) is 116 Å². The second-order valence-electron chi connectivity index (χ2n) is 7.91. The molecule has 9 nitrogen and oxygen atoms in total. The Hall–Kier alpha value is -3.79. The second-order valence-corrected chi connectivity index (χ2v) is 9.69. The Kier molecular flexibility index (Phi) is 5.09. The first-order valence-corrected chi connectivity index (χ1v) is 11.8. The number of hydrogen-bond acceptors (Lipinski definition) is 6. The van der Waals surface area contributed by atoms with Gasteiger partial charge < -0.3 is 20.1 Å². The molecule has 2 aliphatic heterocycles. The average Bonchev–Trinajstić information content (AvgIpc) is 3.18. The first kappa shape index (κ1) is 21.1. The maximum Gasteiger partial charge on any atom is 0.273 e. The lowest BCUT2D eigenvalue weighted by Gasteiger charge is -2.26. The van der Waals surface area contributed by atoms with Crippen LogP contribution in [-0.4, -0.2) is 43.5 Å². The molecule has 0 aliphatic carbocycles. The molecule has 2 amide bonds. The minimum absolute atomic E-state index is 0.0194. The molecule has 3 aromatic rings. The van der Waals surface area contributed by atoms with Gasteiger partial charge in [0.2, 0.25) is 0 Å². The third kappa shape index (κ3) is 3.82. The molecule has 0 radical (unpaired) electrons. The van der Waals surface area contributed by atoms with Crippen LogP contribution in [0.4, 0.5) is 5.69 Å². The minimum atomic E-state index is -3.98. The highest BCUT2D eigenvalue weighted by Gasteiger charge is 2.31. The molecule has 5 rings (SSSR count). The summed E-state index contributed by atoms with van der Waals surface area (Å²) in [6.07, 6.45) is 1.73. The molecule has 0 spiro atoms. The molecular formula is C23H21N3O6S. The fourth-order valence-corrected chi connectivity index (χ4v) is 5.42. The minimum Gasteiger partial charge on any atom is -0.486 e. The van der Waals surface area contributed by atoms with Crippen LogP contribution in [0.1, 0.15) is 32.8 Å². The first-order chi connectivity index (χ1) is 15.8. The van der Waals surface area contributed by atoms with E-state index in [9.17, 15) is 18.0 Å². The number of hydrogen-bond donors (Lipinski definition) is 2. The van der Waals surface area contributed by atoms with Gasteiger partial charge >= 0.3 is 0 Å². The summed E-state index contributed by atoms with van der Waals surface area (Å²) in [5, 5.41) is 5.41. The number of amides is 2. The van der Waals surface area contributed by atoms with Crippen molar-refractivity contribution >= 4 is 27.5 Å². The molecule has 10 heteroatoms. The molecule has 2 N–H and O–H groups in total. The summed E-state index contributed by atoms with van der Waals surface area (Å²) in [6, 6.07) is 13.0. The van der Waals surface area contributed by atoms with Crippen LogP contribution in [0.2, 0.25) is 0 Å². The van der Waals surface area contributed by atoms with Gasteiger partial charge in [-0.2, -0.15) is 0 Å². The summed E-state index contributed by atoms with van der Waals surface area (Å²) in [4.78, 5) is 25.1. The number of carbonyl (C=O) groups is 2. The number of nitrogens with zero attached hydrogens (tertiary/aromatic N) is 1. The maximum atomic E-state index is 13.0. The zero-order chi connectivity index (χ0) is 23.2. The lowest BCUT2D eigenvalue weighted by molar-refractivity contribution is 0.0812. The standard InChI is InChI=1S/C23H21N3O6S/c1-14-10-18-23(28)25-17-11-15(6-7-21(17)33(29,30)26(18)12-14)22(27)24-9-8-16-13-31-19-4-2-3-5-20(19)32-16/h2-7,10-12,16H,8-9,13H2,1H3,(H,24,27)(H,25,28)/t16-/m0/s1. The number of ether oxygens (including phenoxy) is 2. The summed E-state index contributed by atoms with van der Waals surface area (Å²) in [5.74, 6) is 0.420. The summed E-state index contributed by atoms with van der Waals surface area (Å²) in [5.41, 5.74) is 0.970. The van der Waals surface area contributed by atoms with E-state index in [-0.39, 0.29) is 33.9 Å². The molecule has 1 atom stereocenters. The Bertz CT molecular complexity index is 1380. The number of aryl methyl sites for hydroxylation is 1. The molecule has 2 aromatic carbocycles. The zero-order valence-corrected chi connectivity index (χ0v) is 18.5. The van der Waals surface area contributed by atoms with Crippen LogP contribution >= 0.6 is 0 Å². The highest BCUT2D eigenvalue weighted by atomic mass is 32.2. The Morgan fingerprint density at radius 2 is 1.97 bits per heavy atom. The van der Waals surface area contributed by atoms with Crippen molar-refractivity contribution in [2.75, 3.05) is 18.5 Å². The summed E-state index contributed by atoms with van der Waals surface area (Å²) in [6.45, 7) is 2.43. The van der Waals surface area contributed by atoms with Gasteiger partial charge in [-0.25, -0.2) is 12.4 Å². The summed E-state index contributed by atoms with van der Waals surface area (Å²) < 4.78 is 38.6. The van der Waals surface area contributed by atoms with Crippen LogP contribution in [0.5, 0.6) is 11.5 Å². The van der Waals surface area contributed by atoms with Crippen LogP contribution in [0.3, 0.4) is 0 Å². The van der Waals surface area contributed by atoms with Gasteiger partial charge in [0, 0.05) is 24.7 Å². The highest BCUT2D eigenvalue weighted by Crippen LogP contribution is 2.32. The number of fused-ring (bicyclic) bond motifs is 3. The number of anilines is 1. The van der Waals surface area contributed by atoms with Gasteiger partial charge in [0.1, 0.15) is 23.3 Å². The third-order valence-corrected chi connectivity index (χ3v) is 7.23. The largest absolute Gasteiger partial charge is 0.486 e. The molecule has 3 heterocycles. The molecule has 0 saturated carbocycles. The molecule has 0 unspecified atom stereocenters. The average molecular weight is 468 g/mol. The van der Waals surface area contributed by atoms with Gasteiger partial charge in [0.15, 0.2) is 11.5 Å². The van der Waals surface area contributed by atoms with Crippen LogP contribution in [0, 0.1) is 6.92 Å². The van der Waals surface area contributed by atoms with Gasteiger partial charge in [-0.15, -0.1) is 0 Å². The van der Waals surface area contributed by atoms with Crippen LogP contribution < -0.4 is 20.1 Å². The first-order valence-electron chi connectivity index (χ1n) is 10.4. The molecule has 1 aromatic heterocycles. The van der Waals surface area contributed by atoms with Crippen molar-refractivity contribution in [3.05, 3.63) is 71.5 Å². The van der Waals surface area contributed by atoms with E-state index in [2.05, 4.69) is 10.6 Å². The maximum absolute atomic E-state index is 13.0. The SMILES string of the molecule is Cc1cc2n(c1)S(=O)(=O)c1ccc(C(=O)NCC[C@H]3COc4ccccc4O3)cc1NC2=O. The van der Waals surface area contributed by atoms with Crippen LogP contribution in [0.15, 0.2) is 59.6 Å². The number of carbonyl (C=O) groups excluding carboxylic acids is 2. The van der Waals surface area contributed by atoms with E-state index in [1.807, 2.05) is 24.3 Å². The van der Waals surface area contributed by atoms with Crippen molar-refractivity contribution < 1.29 is 27.5 Å². The van der Waals surface area contributed by atoms with Gasteiger partial charge in [-0.1, -0.05) is 12.1 Å². The molecule has 170 valence electrons. The van der Waals surface area contributed by atoms with Crippen molar-refractivity contribution in [1.29, 1.82) is 0 Å². The summed E-state index contributed by atoms with van der Waals surface area (Å²) >= 11 is 0. The van der Waals surface area contributed by atoms with E-state index in [1.165, 1.54) is 30.5 Å². The fraction of sp³-hybridized carbons (Fsp3) is 0.217. The van der Waals surface area contributed by atoms with E-state index >= 15 is 0 Å². The molecule has 0 saturated heterocycles. The van der Waals surface area contributed by atoms with E-state index in [0.29, 0.717) is 36.6 Å². The van der Waals surface area contributed by atoms with E-state index in [0.717, 1.165) is 3.97 Å². The molecule has 0 bridgehead atoms. The fourth-order valence-electron chi connectivity index (χ4n) is 3.88. The van der Waals surface area contributed by atoms with Crippen LogP contribution in [0.25, 0.3) is 0 Å². The Balaban J connectivity index is 1.28. The van der Waals surface area contributed by atoms with Gasteiger partial charge in [-0.05, 0) is 48.9 Å². The Morgan fingerprint density at radius 1 is 1.18 bits per heavy atom. The van der Waals surface area contributed by atoms with Crippen molar-refractivity contribution in [2.45, 2.75) is 24.3 Å². The van der Waals surface area contributed by atoms with Gasteiger partial charge in [0.25, 0.3) is 21.8 Å². The van der Waals surface area contributed by atoms with E-state index < -0.39 is 15.9 Å². The van der Waals surface area contributed by atoms with Crippen molar-refractivity contribution in [2.24, 2.45) is 0 Å². The van der Waals surface area contributed by atoms with Crippen molar-refractivity contribution in [3.63, 3.8) is 0 Å². The molecule has 33 heavy (non-hydrogen) atoms. The highest BCUT2D eigenvalue weighted by molar-refractivity contribution is 7.90. The summed E-state index contributed by atoms with van der Waals surface area (Å²) in [7, 11) is -3.98. The molecular weight excluding hydrogens is 446 g/mol. The predicted octanol–water partition coefficient (Wildman–Crippen LogP) is 2.56. The number of nitrogens with one attached hydrogen (secondary N) is 2. The van der Waals surface area contributed by atoms with E-state index in [1.54, 1.807) is 6.92 Å². The smallest absolute Gasteiger partial charge is 0.273 e. The number of rotatable bonds is 4. The zero-order valence-electron chi connectivity index (χ0n) is 17.7. The van der Waals surface area contributed by atoms with Crippen molar-refractivity contribution in [1.82, 2.24) is 9.29 Å². The molecule has 0 fully saturated rings. The van der Waals surface area contributed by atoms with Gasteiger partial charge in [-0.3, -0.25) is 9.59 Å². The number of aromatic nitrogens is 1. The lowest BCUT2D eigenvalue weighted by atomic mass is 10.1. The quantitative estimate of drug-likeness (QED) is 0.609. The monoisotopic (exact) mass is 467 g/mol. The Labute approximate surface area is 190 Å². The molecule has 2 aliphatic rings. The predicted molar refractivity (Wildman–Crippen MR) is 119 cm³/mol. The normalized spacial score (nSPS) is 17.8. The number of para-hydroxylation sites is 2. The number of benzene rings is 2. The van der Waals surface area contributed by atoms with Gasteiger partial charge in [0.05, 0.1) is 5.69 Å². The second kappa shape index (κ2) is 7.96. The third-order valence-electron chi connectivity index (χ3n) is 5.50.